The normalized spacial score (nSPS) is 25.3. The number of aliphatic hydroxyl groups is 1. The zero-order valence-electron chi connectivity index (χ0n) is 13.9. The fraction of sp³-hybridized carbons (Fsp3) is 0.684. The van der Waals surface area contributed by atoms with E-state index in [4.69, 9.17) is 4.74 Å². The van der Waals surface area contributed by atoms with Crippen molar-refractivity contribution >= 4 is 0 Å². The SMILES string of the molecule is OCC1(CC2CCCCO2)CCN(Cc2cccc(O)c2)CC1. The molecule has 0 aliphatic carbocycles. The van der Waals surface area contributed by atoms with E-state index >= 15 is 0 Å². The Hall–Kier alpha value is -1.10. The Kier molecular flexibility index (Phi) is 5.57. The Balaban J connectivity index is 1.53. The topological polar surface area (TPSA) is 52.9 Å². The van der Waals surface area contributed by atoms with Crippen LogP contribution in [0.3, 0.4) is 0 Å². The van der Waals surface area contributed by atoms with Crippen LogP contribution in [0.2, 0.25) is 0 Å². The summed E-state index contributed by atoms with van der Waals surface area (Å²) in [6.45, 7) is 4.03. The van der Waals surface area contributed by atoms with Gasteiger partial charge in [0, 0.05) is 19.8 Å². The monoisotopic (exact) mass is 319 g/mol. The summed E-state index contributed by atoms with van der Waals surface area (Å²) in [4.78, 5) is 2.42. The highest BCUT2D eigenvalue weighted by Crippen LogP contribution is 2.38. The van der Waals surface area contributed by atoms with Gasteiger partial charge in [0.05, 0.1) is 6.10 Å². The lowest BCUT2D eigenvalue weighted by molar-refractivity contribution is -0.0486. The minimum absolute atomic E-state index is 0.0390. The van der Waals surface area contributed by atoms with Crippen molar-refractivity contribution in [1.29, 1.82) is 0 Å². The number of phenols is 1. The van der Waals surface area contributed by atoms with Crippen molar-refractivity contribution in [3.05, 3.63) is 29.8 Å². The minimum atomic E-state index is 0.0390. The van der Waals surface area contributed by atoms with Crippen molar-refractivity contribution in [3.8, 4) is 5.75 Å². The lowest BCUT2D eigenvalue weighted by Gasteiger charge is -2.43. The van der Waals surface area contributed by atoms with E-state index in [1.54, 1.807) is 6.07 Å². The van der Waals surface area contributed by atoms with Gasteiger partial charge >= 0.3 is 0 Å². The first-order valence-corrected chi connectivity index (χ1v) is 8.92. The van der Waals surface area contributed by atoms with E-state index in [0.29, 0.717) is 11.9 Å². The van der Waals surface area contributed by atoms with Gasteiger partial charge in [-0.25, -0.2) is 0 Å². The van der Waals surface area contributed by atoms with Crippen molar-refractivity contribution in [2.24, 2.45) is 5.41 Å². The molecule has 4 heteroatoms. The maximum atomic E-state index is 9.98. The van der Waals surface area contributed by atoms with Crippen LogP contribution >= 0.6 is 0 Å². The van der Waals surface area contributed by atoms with E-state index in [0.717, 1.165) is 57.5 Å². The average Bonchev–Trinajstić information content (AvgIpc) is 2.58. The van der Waals surface area contributed by atoms with Crippen LogP contribution in [0.25, 0.3) is 0 Å². The highest BCUT2D eigenvalue weighted by Gasteiger charge is 2.36. The summed E-state index contributed by atoms with van der Waals surface area (Å²) in [6.07, 6.45) is 6.99. The molecule has 2 N–H and O–H groups in total. The Labute approximate surface area is 139 Å². The number of nitrogens with zero attached hydrogens (tertiary/aromatic N) is 1. The van der Waals surface area contributed by atoms with Crippen molar-refractivity contribution in [3.63, 3.8) is 0 Å². The van der Waals surface area contributed by atoms with Crippen LogP contribution in [0.1, 0.15) is 44.1 Å². The van der Waals surface area contributed by atoms with Crippen molar-refractivity contribution < 1.29 is 14.9 Å². The number of phenolic OH excluding ortho intramolecular Hbond substituents is 1. The lowest BCUT2D eigenvalue weighted by atomic mass is 9.74. The highest BCUT2D eigenvalue weighted by atomic mass is 16.5. The van der Waals surface area contributed by atoms with Gasteiger partial charge in [0.25, 0.3) is 0 Å². The van der Waals surface area contributed by atoms with Crippen LogP contribution in [0.5, 0.6) is 5.75 Å². The summed E-state index contributed by atoms with van der Waals surface area (Å²) < 4.78 is 5.89. The molecule has 1 aromatic rings. The molecule has 2 aliphatic heterocycles. The van der Waals surface area contributed by atoms with Gasteiger partial charge in [-0.2, -0.15) is 0 Å². The zero-order valence-corrected chi connectivity index (χ0v) is 13.9. The molecule has 0 radical (unpaired) electrons. The number of aliphatic hydroxyl groups excluding tert-OH is 1. The summed E-state index contributed by atoms with van der Waals surface area (Å²) in [5.74, 6) is 0.332. The summed E-state index contributed by atoms with van der Waals surface area (Å²) in [7, 11) is 0. The molecule has 0 spiro atoms. The molecule has 2 fully saturated rings. The first-order chi connectivity index (χ1) is 11.2. The van der Waals surface area contributed by atoms with Gasteiger partial charge < -0.3 is 14.9 Å². The number of ether oxygens (including phenoxy) is 1. The van der Waals surface area contributed by atoms with Crippen LogP contribution < -0.4 is 0 Å². The van der Waals surface area contributed by atoms with E-state index < -0.39 is 0 Å². The molecular weight excluding hydrogens is 290 g/mol. The number of benzene rings is 1. The third kappa shape index (κ3) is 4.46. The molecule has 2 aliphatic rings. The third-order valence-corrected chi connectivity index (χ3v) is 5.50. The van der Waals surface area contributed by atoms with Gasteiger partial charge in [-0.05, 0) is 74.7 Å². The van der Waals surface area contributed by atoms with E-state index in [2.05, 4.69) is 11.0 Å². The van der Waals surface area contributed by atoms with Crippen LogP contribution in [-0.2, 0) is 11.3 Å². The third-order valence-electron chi connectivity index (χ3n) is 5.50. The Bertz CT molecular complexity index is 491. The second kappa shape index (κ2) is 7.65. The van der Waals surface area contributed by atoms with Crippen molar-refractivity contribution in [1.82, 2.24) is 4.90 Å². The summed E-state index contributed by atoms with van der Waals surface area (Å²) in [5, 5.41) is 19.6. The maximum absolute atomic E-state index is 9.98. The standard InChI is InChI=1S/C19H29NO3/c21-15-19(13-18-6-1-2-11-23-18)7-9-20(10-8-19)14-16-4-3-5-17(22)12-16/h3-5,12,18,21-22H,1-2,6-11,13-15H2. The first kappa shape index (κ1) is 16.7. The molecule has 0 aromatic heterocycles. The summed E-state index contributed by atoms with van der Waals surface area (Å²) in [5.41, 5.74) is 1.19. The van der Waals surface area contributed by atoms with E-state index in [1.807, 2.05) is 12.1 Å². The zero-order chi connectivity index (χ0) is 16.1. The first-order valence-electron chi connectivity index (χ1n) is 8.92. The molecule has 2 heterocycles. The van der Waals surface area contributed by atoms with Gasteiger partial charge in [0.1, 0.15) is 5.75 Å². The number of hydrogen-bond donors (Lipinski definition) is 2. The second-order valence-corrected chi connectivity index (χ2v) is 7.30. The largest absolute Gasteiger partial charge is 0.508 e. The molecule has 2 saturated heterocycles. The molecule has 23 heavy (non-hydrogen) atoms. The molecule has 0 amide bonds. The highest BCUT2D eigenvalue weighted by molar-refractivity contribution is 5.27. The average molecular weight is 319 g/mol. The van der Waals surface area contributed by atoms with Gasteiger partial charge in [0.2, 0.25) is 0 Å². The number of rotatable bonds is 5. The molecule has 1 aromatic carbocycles. The number of hydrogen-bond acceptors (Lipinski definition) is 4. The molecule has 128 valence electrons. The number of likely N-dealkylation sites (tertiary alicyclic amines) is 1. The van der Waals surface area contributed by atoms with Crippen molar-refractivity contribution in [2.75, 3.05) is 26.3 Å². The molecule has 4 nitrogen and oxygen atoms in total. The van der Waals surface area contributed by atoms with Gasteiger partial charge in [-0.15, -0.1) is 0 Å². The lowest BCUT2D eigenvalue weighted by Crippen LogP contribution is -2.44. The van der Waals surface area contributed by atoms with Crippen LogP contribution in [0.15, 0.2) is 24.3 Å². The predicted octanol–water partition coefficient (Wildman–Crippen LogP) is 2.93. The fourth-order valence-corrected chi connectivity index (χ4v) is 3.98. The molecule has 1 unspecified atom stereocenters. The molecule has 1 atom stereocenters. The smallest absolute Gasteiger partial charge is 0.115 e. The van der Waals surface area contributed by atoms with Crippen LogP contribution in [-0.4, -0.2) is 47.5 Å². The minimum Gasteiger partial charge on any atom is -0.508 e. The number of aromatic hydroxyl groups is 1. The molecule has 0 saturated carbocycles. The van der Waals surface area contributed by atoms with E-state index in [-0.39, 0.29) is 12.0 Å². The van der Waals surface area contributed by atoms with E-state index in [9.17, 15) is 10.2 Å². The molecule has 3 rings (SSSR count). The second-order valence-electron chi connectivity index (χ2n) is 7.30. The van der Waals surface area contributed by atoms with Crippen molar-refractivity contribution in [2.45, 2.75) is 51.2 Å². The molecule has 0 bridgehead atoms. The quantitative estimate of drug-likeness (QED) is 0.876. The van der Waals surface area contributed by atoms with E-state index in [1.165, 1.54) is 12.8 Å². The Morgan fingerprint density at radius 3 is 2.70 bits per heavy atom. The van der Waals surface area contributed by atoms with Crippen LogP contribution in [0, 0.1) is 5.41 Å². The van der Waals surface area contributed by atoms with Gasteiger partial charge in [-0.1, -0.05) is 12.1 Å². The molecular formula is C19H29NO3. The Morgan fingerprint density at radius 2 is 2.04 bits per heavy atom. The Morgan fingerprint density at radius 1 is 1.22 bits per heavy atom. The van der Waals surface area contributed by atoms with Gasteiger partial charge in [-0.3, -0.25) is 4.90 Å². The maximum Gasteiger partial charge on any atom is 0.115 e. The number of piperidine rings is 1. The van der Waals surface area contributed by atoms with Crippen LogP contribution in [0.4, 0.5) is 0 Å². The van der Waals surface area contributed by atoms with Gasteiger partial charge in [0.15, 0.2) is 0 Å². The summed E-state index contributed by atoms with van der Waals surface area (Å²) >= 11 is 0. The fourth-order valence-electron chi connectivity index (χ4n) is 3.98. The predicted molar refractivity (Wildman–Crippen MR) is 90.3 cm³/mol. The summed E-state index contributed by atoms with van der Waals surface area (Å²) in [6, 6.07) is 7.50.